The van der Waals surface area contributed by atoms with Gasteiger partial charge in [0, 0.05) is 13.0 Å². The normalized spacial score (nSPS) is 16.6. The zero-order valence-electron chi connectivity index (χ0n) is 11.6. The summed E-state index contributed by atoms with van der Waals surface area (Å²) in [6, 6.07) is 3.57. The van der Waals surface area contributed by atoms with E-state index in [4.69, 9.17) is 0 Å². The summed E-state index contributed by atoms with van der Waals surface area (Å²) in [6.45, 7) is 3.18. The molecule has 5 nitrogen and oxygen atoms in total. The van der Waals surface area contributed by atoms with Crippen molar-refractivity contribution in [2.75, 3.05) is 19.6 Å². The summed E-state index contributed by atoms with van der Waals surface area (Å²) in [4.78, 5) is 25.8. The first-order chi connectivity index (χ1) is 9.54. The van der Waals surface area contributed by atoms with Gasteiger partial charge in [-0.15, -0.1) is 11.3 Å². The molecule has 0 aliphatic carbocycles. The number of hydrogen-bond donors (Lipinski definition) is 2. The van der Waals surface area contributed by atoms with E-state index in [0.717, 1.165) is 12.8 Å². The molecule has 2 amide bonds. The monoisotopic (exact) mass is 296 g/mol. The number of rotatable bonds is 6. The third-order valence-corrected chi connectivity index (χ3v) is 4.28. The Bertz CT molecular complexity index is 467. The van der Waals surface area contributed by atoms with Gasteiger partial charge in [0.15, 0.2) is 0 Å². The van der Waals surface area contributed by atoms with Crippen molar-refractivity contribution in [3.05, 3.63) is 22.4 Å². The summed E-state index contributed by atoms with van der Waals surface area (Å²) in [7, 11) is 0. The molecular weight excluding hydrogens is 276 g/mol. The Morgan fingerprint density at radius 2 is 2.25 bits per heavy atom. The van der Waals surface area contributed by atoms with Gasteiger partial charge < -0.3 is 15.3 Å². The maximum atomic E-state index is 11.9. The van der Waals surface area contributed by atoms with Gasteiger partial charge in [0.1, 0.15) is 0 Å². The van der Waals surface area contributed by atoms with E-state index in [-0.39, 0.29) is 18.2 Å². The molecule has 2 rings (SSSR count). The molecule has 0 bridgehead atoms. The fourth-order valence-corrected chi connectivity index (χ4v) is 3.04. The van der Waals surface area contributed by atoms with E-state index in [1.807, 2.05) is 18.4 Å². The average molecular weight is 296 g/mol. The summed E-state index contributed by atoms with van der Waals surface area (Å²) < 4.78 is 0. The number of nitrogens with zero attached hydrogens (tertiary/aromatic N) is 1. The van der Waals surface area contributed by atoms with Crippen LogP contribution in [0.3, 0.4) is 0 Å². The Balaban J connectivity index is 1.66. The summed E-state index contributed by atoms with van der Waals surface area (Å²) in [5.74, 6) is -0.156. The van der Waals surface area contributed by atoms with Crippen molar-refractivity contribution >= 4 is 23.2 Å². The second-order valence-electron chi connectivity index (χ2n) is 5.21. The topological polar surface area (TPSA) is 69.6 Å². The molecule has 20 heavy (non-hydrogen) atoms. The zero-order chi connectivity index (χ0) is 14.6. The standard InChI is InChI=1S/C14H20N2O3S/c1-2-6-14(19)9-16(10-14)12(17)5-7-15-13(18)11-4-3-8-20-11/h3-4,8,19H,2,5-7,9-10H2,1H3,(H,15,18). The number of hydrogen-bond acceptors (Lipinski definition) is 4. The highest BCUT2D eigenvalue weighted by Gasteiger charge is 2.42. The first-order valence-electron chi connectivity index (χ1n) is 6.86. The van der Waals surface area contributed by atoms with Crippen LogP contribution in [0.25, 0.3) is 0 Å². The van der Waals surface area contributed by atoms with E-state index >= 15 is 0 Å². The molecule has 0 saturated carbocycles. The van der Waals surface area contributed by atoms with Crippen LogP contribution >= 0.6 is 11.3 Å². The highest BCUT2D eigenvalue weighted by Crippen LogP contribution is 2.26. The van der Waals surface area contributed by atoms with E-state index < -0.39 is 5.60 Å². The van der Waals surface area contributed by atoms with Crippen LogP contribution in [0.5, 0.6) is 0 Å². The van der Waals surface area contributed by atoms with Crippen molar-refractivity contribution in [2.24, 2.45) is 0 Å². The van der Waals surface area contributed by atoms with Gasteiger partial charge in [-0.1, -0.05) is 19.4 Å². The first kappa shape index (κ1) is 15.0. The van der Waals surface area contributed by atoms with E-state index in [1.54, 1.807) is 11.0 Å². The lowest BCUT2D eigenvalue weighted by atomic mass is 9.89. The Morgan fingerprint density at radius 1 is 1.50 bits per heavy atom. The van der Waals surface area contributed by atoms with Crippen molar-refractivity contribution in [1.29, 1.82) is 0 Å². The molecule has 1 aromatic rings. The Hall–Kier alpha value is -1.40. The maximum Gasteiger partial charge on any atom is 0.261 e. The predicted octanol–water partition coefficient (Wildman–Crippen LogP) is 1.24. The van der Waals surface area contributed by atoms with Gasteiger partial charge in [0.2, 0.25) is 5.91 Å². The molecule has 1 aliphatic heterocycles. The van der Waals surface area contributed by atoms with Crippen LogP contribution in [0, 0.1) is 0 Å². The highest BCUT2D eigenvalue weighted by molar-refractivity contribution is 7.12. The minimum absolute atomic E-state index is 0.0164. The first-order valence-corrected chi connectivity index (χ1v) is 7.74. The largest absolute Gasteiger partial charge is 0.386 e. The molecule has 0 unspecified atom stereocenters. The molecule has 0 spiro atoms. The summed E-state index contributed by atoms with van der Waals surface area (Å²) in [5.41, 5.74) is -0.690. The van der Waals surface area contributed by atoms with Crippen LogP contribution in [0.1, 0.15) is 35.9 Å². The highest BCUT2D eigenvalue weighted by atomic mass is 32.1. The molecule has 1 aromatic heterocycles. The lowest BCUT2D eigenvalue weighted by Gasteiger charge is -2.46. The fourth-order valence-electron chi connectivity index (χ4n) is 2.40. The molecule has 110 valence electrons. The molecule has 1 aliphatic rings. The lowest BCUT2D eigenvalue weighted by Crippen LogP contribution is -2.63. The average Bonchev–Trinajstić information content (AvgIpc) is 2.89. The smallest absolute Gasteiger partial charge is 0.261 e. The molecular formula is C14H20N2O3S. The van der Waals surface area contributed by atoms with Crippen LogP contribution in [-0.2, 0) is 4.79 Å². The number of aliphatic hydroxyl groups is 1. The van der Waals surface area contributed by atoms with E-state index in [9.17, 15) is 14.7 Å². The second-order valence-corrected chi connectivity index (χ2v) is 6.16. The number of thiophene rings is 1. The van der Waals surface area contributed by atoms with Gasteiger partial charge >= 0.3 is 0 Å². The predicted molar refractivity (Wildman–Crippen MR) is 77.7 cm³/mol. The number of amides is 2. The van der Waals surface area contributed by atoms with Gasteiger partial charge in [-0.2, -0.15) is 0 Å². The van der Waals surface area contributed by atoms with Crippen LogP contribution in [-0.4, -0.2) is 47.1 Å². The molecule has 0 radical (unpaired) electrons. The molecule has 2 N–H and O–H groups in total. The molecule has 2 heterocycles. The summed E-state index contributed by atoms with van der Waals surface area (Å²) in [6.07, 6.45) is 1.92. The number of β-amino-alcohol motifs (C(OH)–C–C–N with tert-alkyl or cyclic N) is 1. The number of carbonyl (C=O) groups is 2. The van der Waals surface area contributed by atoms with Crippen molar-refractivity contribution in [3.8, 4) is 0 Å². The number of likely N-dealkylation sites (tertiary alicyclic amines) is 1. The molecule has 6 heteroatoms. The van der Waals surface area contributed by atoms with Crippen molar-refractivity contribution < 1.29 is 14.7 Å². The quantitative estimate of drug-likeness (QED) is 0.830. The van der Waals surface area contributed by atoms with Crippen molar-refractivity contribution in [2.45, 2.75) is 31.8 Å². The van der Waals surface area contributed by atoms with Crippen LogP contribution in [0.15, 0.2) is 17.5 Å². The van der Waals surface area contributed by atoms with Gasteiger partial charge in [-0.3, -0.25) is 9.59 Å². The van der Waals surface area contributed by atoms with Crippen LogP contribution in [0.4, 0.5) is 0 Å². The SMILES string of the molecule is CCCC1(O)CN(C(=O)CCNC(=O)c2cccs2)C1. The van der Waals surface area contributed by atoms with E-state index in [0.29, 0.717) is 24.5 Å². The fraction of sp³-hybridized carbons (Fsp3) is 0.571. The van der Waals surface area contributed by atoms with E-state index in [2.05, 4.69) is 5.32 Å². The molecule has 1 fully saturated rings. The van der Waals surface area contributed by atoms with Crippen LogP contribution in [0.2, 0.25) is 0 Å². The Morgan fingerprint density at radius 3 is 2.85 bits per heavy atom. The molecule has 0 aromatic carbocycles. The molecule has 1 saturated heterocycles. The zero-order valence-corrected chi connectivity index (χ0v) is 12.4. The Kier molecular flexibility index (Phi) is 4.77. The van der Waals surface area contributed by atoms with Crippen LogP contribution < -0.4 is 5.32 Å². The maximum absolute atomic E-state index is 11.9. The van der Waals surface area contributed by atoms with Gasteiger partial charge in [-0.05, 0) is 17.9 Å². The third-order valence-electron chi connectivity index (χ3n) is 3.41. The minimum Gasteiger partial charge on any atom is -0.386 e. The van der Waals surface area contributed by atoms with Crippen molar-refractivity contribution in [1.82, 2.24) is 10.2 Å². The van der Waals surface area contributed by atoms with Crippen molar-refractivity contribution in [3.63, 3.8) is 0 Å². The molecule has 0 atom stereocenters. The Labute approximate surface area is 122 Å². The van der Waals surface area contributed by atoms with Gasteiger partial charge in [0.25, 0.3) is 5.91 Å². The number of carbonyl (C=O) groups excluding carboxylic acids is 2. The van der Waals surface area contributed by atoms with E-state index in [1.165, 1.54) is 11.3 Å². The summed E-state index contributed by atoms with van der Waals surface area (Å²) in [5, 5.41) is 14.6. The van der Waals surface area contributed by atoms with Gasteiger partial charge in [-0.25, -0.2) is 0 Å². The lowest BCUT2D eigenvalue weighted by molar-refractivity contribution is -0.156. The second kappa shape index (κ2) is 6.37. The summed E-state index contributed by atoms with van der Waals surface area (Å²) >= 11 is 1.38. The number of nitrogens with one attached hydrogen (secondary N) is 1. The third kappa shape index (κ3) is 3.58. The minimum atomic E-state index is -0.690. The van der Waals surface area contributed by atoms with Gasteiger partial charge in [0.05, 0.1) is 23.6 Å².